The zero-order valence-corrected chi connectivity index (χ0v) is 12.4. The number of aryl methyl sites for hydroxylation is 1. The van der Waals surface area contributed by atoms with E-state index in [1.54, 1.807) is 14.0 Å². The summed E-state index contributed by atoms with van der Waals surface area (Å²) in [6.45, 7) is 3.92. The largest absolute Gasteiger partial charge is 0.497 e. The second-order valence-electron chi connectivity index (χ2n) is 5.27. The van der Waals surface area contributed by atoms with Crippen LogP contribution in [0.5, 0.6) is 5.75 Å². The number of carbonyl (C=O) groups excluding carboxylic acids is 1. The zero-order valence-electron chi connectivity index (χ0n) is 12.4. The second-order valence-corrected chi connectivity index (χ2v) is 5.27. The smallest absolute Gasteiger partial charge is 0.219 e. The monoisotopic (exact) mass is 285 g/mol. The number of methoxy groups -OCH3 is 1. The molecule has 0 fully saturated rings. The third-order valence-electron chi connectivity index (χ3n) is 3.85. The molecule has 5 heteroatoms. The molecule has 21 heavy (non-hydrogen) atoms. The Morgan fingerprint density at radius 3 is 2.67 bits per heavy atom. The molecule has 0 saturated carbocycles. The quantitative estimate of drug-likeness (QED) is 0.850. The van der Waals surface area contributed by atoms with E-state index in [4.69, 9.17) is 4.74 Å². The van der Waals surface area contributed by atoms with Crippen LogP contribution in [0.3, 0.4) is 0 Å². The highest BCUT2D eigenvalue weighted by Crippen LogP contribution is 2.24. The van der Waals surface area contributed by atoms with E-state index in [-0.39, 0.29) is 5.91 Å². The van der Waals surface area contributed by atoms with Crippen LogP contribution >= 0.6 is 0 Å². The van der Waals surface area contributed by atoms with Crippen molar-refractivity contribution in [2.75, 3.05) is 13.7 Å². The number of hydrogen-bond acceptors (Lipinski definition) is 3. The fourth-order valence-electron chi connectivity index (χ4n) is 2.63. The van der Waals surface area contributed by atoms with Gasteiger partial charge in [0, 0.05) is 25.6 Å². The molecule has 0 saturated heterocycles. The first-order chi connectivity index (χ1) is 10.2. The Bertz CT molecular complexity index is 646. The predicted octanol–water partition coefficient (Wildman–Crippen LogP) is 2.31. The number of carbonyl (C=O) groups is 1. The second kappa shape index (κ2) is 5.60. The maximum atomic E-state index is 11.6. The molecule has 0 bridgehead atoms. The average molecular weight is 285 g/mol. The number of aromatic nitrogens is 2. The van der Waals surface area contributed by atoms with Crippen molar-refractivity contribution in [3.05, 3.63) is 36.0 Å². The lowest BCUT2D eigenvalue weighted by Gasteiger charge is -2.17. The zero-order chi connectivity index (χ0) is 14.8. The minimum Gasteiger partial charge on any atom is -0.497 e. The molecule has 1 aliphatic heterocycles. The third-order valence-corrected chi connectivity index (χ3v) is 3.85. The van der Waals surface area contributed by atoms with Crippen molar-refractivity contribution in [3.63, 3.8) is 0 Å². The Morgan fingerprint density at radius 1 is 1.24 bits per heavy atom. The Morgan fingerprint density at radius 2 is 2.00 bits per heavy atom. The maximum absolute atomic E-state index is 11.6. The van der Waals surface area contributed by atoms with Crippen LogP contribution in [0.15, 0.2) is 30.3 Å². The lowest BCUT2D eigenvalue weighted by Crippen LogP contribution is -2.28. The molecular formula is C16H19N3O2. The van der Waals surface area contributed by atoms with Crippen molar-refractivity contribution in [2.24, 2.45) is 0 Å². The van der Waals surface area contributed by atoms with Crippen molar-refractivity contribution < 1.29 is 9.53 Å². The normalized spacial score (nSPS) is 14.5. The van der Waals surface area contributed by atoms with Crippen LogP contribution in [-0.4, -0.2) is 34.2 Å². The first-order valence-electron chi connectivity index (χ1n) is 7.14. The van der Waals surface area contributed by atoms with E-state index >= 15 is 0 Å². The first kappa shape index (κ1) is 13.7. The molecule has 3 rings (SSSR count). The molecule has 2 aromatic rings. The fraction of sp³-hybridized carbons (Fsp3) is 0.375. The highest BCUT2D eigenvalue weighted by Gasteiger charge is 2.18. The molecule has 0 unspecified atom stereocenters. The van der Waals surface area contributed by atoms with Gasteiger partial charge in [-0.1, -0.05) is 0 Å². The standard InChI is InChI=1S/C16H19N3O2/c1-12(20)18-8-3-9-19-14(11-18)10-16(17-19)13-4-6-15(21-2)7-5-13/h4-7,10H,3,8-9,11H2,1-2H3. The van der Waals surface area contributed by atoms with Gasteiger partial charge in [0.05, 0.1) is 25.0 Å². The lowest BCUT2D eigenvalue weighted by molar-refractivity contribution is -0.129. The molecule has 0 N–H and O–H groups in total. The molecule has 1 aliphatic rings. The Hall–Kier alpha value is -2.30. The average Bonchev–Trinajstić information content (AvgIpc) is 2.79. The van der Waals surface area contributed by atoms with Gasteiger partial charge in [-0.25, -0.2) is 0 Å². The van der Waals surface area contributed by atoms with Crippen LogP contribution in [0.2, 0.25) is 0 Å². The third kappa shape index (κ3) is 2.77. The van der Waals surface area contributed by atoms with Gasteiger partial charge in [0.2, 0.25) is 5.91 Å². The summed E-state index contributed by atoms with van der Waals surface area (Å²) in [5.41, 5.74) is 3.09. The van der Waals surface area contributed by atoms with E-state index in [1.165, 1.54) is 0 Å². The predicted molar refractivity (Wildman–Crippen MR) is 79.9 cm³/mol. The summed E-state index contributed by atoms with van der Waals surface area (Å²) in [5.74, 6) is 0.956. The summed E-state index contributed by atoms with van der Waals surface area (Å²) in [7, 11) is 1.66. The van der Waals surface area contributed by atoms with Gasteiger partial charge in [-0.05, 0) is 36.8 Å². The summed E-state index contributed by atoms with van der Waals surface area (Å²) in [6, 6.07) is 9.94. The van der Waals surface area contributed by atoms with Gasteiger partial charge in [-0.2, -0.15) is 5.10 Å². The van der Waals surface area contributed by atoms with Gasteiger partial charge in [0.1, 0.15) is 5.75 Å². The van der Waals surface area contributed by atoms with Gasteiger partial charge in [-0.3, -0.25) is 9.48 Å². The van der Waals surface area contributed by atoms with Crippen LogP contribution in [0.25, 0.3) is 11.3 Å². The Kier molecular flexibility index (Phi) is 3.64. The Labute approximate surface area is 124 Å². The molecule has 5 nitrogen and oxygen atoms in total. The van der Waals surface area contributed by atoms with Crippen LogP contribution in [-0.2, 0) is 17.9 Å². The number of ether oxygens (including phenoxy) is 1. The fourth-order valence-corrected chi connectivity index (χ4v) is 2.63. The van der Waals surface area contributed by atoms with Gasteiger partial charge in [0.15, 0.2) is 0 Å². The number of hydrogen-bond donors (Lipinski definition) is 0. The van der Waals surface area contributed by atoms with Crippen molar-refractivity contribution in [1.82, 2.24) is 14.7 Å². The van der Waals surface area contributed by atoms with E-state index in [9.17, 15) is 4.79 Å². The van der Waals surface area contributed by atoms with Crippen LogP contribution in [0, 0.1) is 0 Å². The molecule has 1 aromatic heterocycles. The molecule has 0 spiro atoms. The molecule has 2 heterocycles. The van der Waals surface area contributed by atoms with Crippen molar-refractivity contribution in [2.45, 2.75) is 26.4 Å². The van der Waals surface area contributed by atoms with E-state index in [2.05, 4.69) is 11.2 Å². The molecule has 1 aromatic carbocycles. The summed E-state index contributed by atoms with van der Waals surface area (Å²) >= 11 is 0. The van der Waals surface area contributed by atoms with E-state index in [0.29, 0.717) is 6.54 Å². The SMILES string of the molecule is COc1ccc(-c2cc3n(n2)CCCN(C(C)=O)C3)cc1. The van der Waals surface area contributed by atoms with Gasteiger partial charge < -0.3 is 9.64 Å². The van der Waals surface area contributed by atoms with Crippen molar-refractivity contribution in [3.8, 4) is 17.0 Å². The number of nitrogens with zero attached hydrogens (tertiary/aromatic N) is 3. The highest BCUT2D eigenvalue weighted by molar-refractivity contribution is 5.73. The number of benzene rings is 1. The highest BCUT2D eigenvalue weighted by atomic mass is 16.5. The summed E-state index contributed by atoms with van der Waals surface area (Å²) in [6.07, 6.45) is 0.941. The first-order valence-corrected chi connectivity index (χ1v) is 7.14. The number of fused-ring (bicyclic) bond motifs is 1. The molecular weight excluding hydrogens is 266 g/mol. The van der Waals surface area contributed by atoms with Crippen LogP contribution < -0.4 is 4.74 Å². The molecule has 1 amide bonds. The summed E-state index contributed by atoms with van der Waals surface area (Å²) in [5, 5.41) is 4.67. The number of amides is 1. The topological polar surface area (TPSA) is 47.4 Å². The van der Waals surface area contributed by atoms with Gasteiger partial charge in [0.25, 0.3) is 0 Å². The molecule has 0 aliphatic carbocycles. The van der Waals surface area contributed by atoms with E-state index in [0.717, 1.165) is 42.2 Å². The molecule has 0 atom stereocenters. The lowest BCUT2D eigenvalue weighted by atomic mass is 10.1. The maximum Gasteiger partial charge on any atom is 0.219 e. The summed E-state index contributed by atoms with van der Waals surface area (Å²) in [4.78, 5) is 13.5. The molecule has 110 valence electrons. The molecule has 0 radical (unpaired) electrons. The van der Waals surface area contributed by atoms with Gasteiger partial charge in [-0.15, -0.1) is 0 Å². The van der Waals surface area contributed by atoms with E-state index < -0.39 is 0 Å². The number of rotatable bonds is 2. The van der Waals surface area contributed by atoms with Crippen LogP contribution in [0.4, 0.5) is 0 Å². The Balaban J connectivity index is 1.89. The van der Waals surface area contributed by atoms with Gasteiger partial charge >= 0.3 is 0 Å². The van der Waals surface area contributed by atoms with Crippen LogP contribution in [0.1, 0.15) is 19.0 Å². The minimum absolute atomic E-state index is 0.121. The van der Waals surface area contributed by atoms with Crippen molar-refractivity contribution >= 4 is 5.91 Å². The van der Waals surface area contributed by atoms with E-state index in [1.807, 2.05) is 33.8 Å². The van der Waals surface area contributed by atoms with Crippen molar-refractivity contribution in [1.29, 1.82) is 0 Å². The summed E-state index contributed by atoms with van der Waals surface area (Å²) < 4.78 is 7.19. The minimum atomic E-state index is 0.121.